The molecule has 0 bridgehead atoms. The summed E-state index contributed by atoms with van der Waals surface area (Å²) in [6, 6.07) is -0.285. The Bertz CT molecular complexity index is 943. The van der Waals surface area contributed by atoms with Gasteiger partial charge in [-0.25, -0.2) is 0 Å². The molecule has 3 heterocycles. The molecule has 0 aromatic carbocycles. The molecule has 15 nitrogen and oxygen atoms in total. The van der Waals surface area contributed by atoms with E-state index in [1.54, 1.807) is 0 Å². The zero-order valence-electron chi connectivity index (χ0n) is 18.1. The van der Waals surface area contributed by atoms with Gasteiger partial charge in [-0.2, -0.15) is 17.4 Å². The smallest absolute Gasteiger partial charge is 0.507 e. The van der Waals surface area contributed by atoms with Gasteiger partial charge in [-0.3, -0.25) is 19.2 Å². The molecule has 3 aliphatic rings. The summed E-state index contributed by atoms with van der Waals surface area (Å²) in [5, 5.41) is 30.7. The van der Waals surface area contributed by atoms with E-state index in [2.05, 4.69) is 10.0 Å². The van der Waals surface area contributed by atoms with E-state index >= 15 is 0 Å². The maximum atomic E-state index is 12.6. The molecule has 0 aromatic heterocycles. The lowest BCUT2D eigenvalue weighted by Crippen LogP contribution is -2.60. The number of nitrogens with zero attached hydrogens (tertiary/aromatic N) is 1. The van der Waals surface area contributed by atoms with Crippen LogP contribution < -0.4 is 15.8 Å². The van der Waals surface area contributed by atoms with Crippen LogP contribution in [0.2, 0.25) is 6.32 Å². The lowest BCUT2D eigenvalue weighted by molar-refractivity contribution is -0.157. The van der Waals surface area contributed by atoms with Crippen LogP contribution in [0.15, 0.2) is 0 Å². The third kappa shape index (κ3) is 5.50. The van der Waals surface area contributed by atoms with Crippen molar-refractivity contribution in [1.82, 2.24) is 14.3 Å². The number of carbonyl (C=O) groups is 4. The van der Waals surface area contributed by atoms with Crippen molar-refractivity contribution >= 4 is 41.2 Å². The SMILES string of the molecule is N[C@@]1(C(=O)O)CN(S(=O)(=O)NC2CNC2)C[C@@H]1CCCB1OC(=O)C(CC(=O)O)(CC(=O)O)O1. The highest BCUT2D eigenvalue weighted by Gasteiger charge is 2.56. The molecule has 3 saturated heterocycles. The Labute approximate surface area is 195 Å². The standard InChI is InChI=1S/C17H27BN4O11S/c19-17(14(27)28)9-22(34(30,31)21-11-6-20-7-11)8-10(17)2-1-3-18-32-15(29)16(33-18,4-12(23)24)5-13(25)26/h10-11,20-21H,1-9,19H2,(H,23,24)(H,25,26)(H,27,28)/t10-,17-/m0/s1. The summed E-state index contributed by atoms with van der Waals surface area (Å²) in [6.07, 6.45) is -1.43. The monoisotopic (exact) mass is 506 g/mol. The molecule has 0 spiro atoms. The van der Waals surface area contributed by atoms with Gasteiger partial charge in [0.05, 0.1) is 12.8 Å². The predicted octanol–water partition coefficient (Wildman–Crippen LogP) is -2.96. The Morgan fingerprint density at radius 1 is 1.21 bits per heavy atom. The molecule has 0 unspecified atom stereocenters. The highest BCUT2D eigenvalue weighted by atomic mass is 32.2. The Morgan fingerprint density at radius 2 is 1.82 bits per heavy atom. The molecule has 3 fully saturated rings. The maximum Gasteiger partial charge on any atom is 0.528 e. The van der Waals surface area contributed by atoms with Crippen LogP contribution in [-0.4, -0.2) is 102 Å². The van der Waals surface area contributed by atoms with Gasteiger partial charge in [-0.1, -0.05) is 6.42 Å². The first-order valence-electron chi connectivity index (χ1n) is 10.6. The molecule has 34 heavy (non-hydrogen) atoms. The number of nitrogens with one attached hydrogen (secondary N) is 2. The summed E-state index contributed by atoms with van der Waals surface area (Å²) in [7, 11) is -5.17. The molecule has 7 N–H and O–H groups in total. The van der Waals surface area contributed by atoms with Crippen LogP contribution in [0.4, 0.5) is 0 Å². The average Bonchev–Trinajstić information content (AvgIpc) is 3.16. The Balaban J connectivity index is 1.61. The lowest BCUT2D eigenvalue weighted by atomic mass is 9.78. The zero-order valence-corrected chi connectivity index (χ0v) is 19.0. The molecule has 0 aromatic rings. The molecule has 190 valence electrons. The van der Waals surface area contributed by atoms with E-state index in [1.807, 2.05) is 0 Å². The van der Waals surface area contributed by atoms with E-state index in [9.17, 15) is 32.7 Å². The van der Waals surface area contributed by atoms with Gasteiger partial charge in [-0.15, -0.1) is 0 Å². The molecule has 17 heteroatoms. The van der Waals surface area contributed by atoms with E-state index in [4.69, 9.17) is 25.3 Å². The second kappa shape index (κ2) is 9.75. The number of rotatable bonds is 12. The van der Waals surface area contributed by atoms with Crippen molar-refractivity contribution in [2.45, 2.75) is 49.2 Å². The van der Waals surface area contributed by atoms with Gasteiger partial charge in [0.1, 0.15) is 5.54 Å². The third-order valence-electron chi connectivity index (χ3n) is 6.26. The van der Waals surface area contributed by atoms with E-state index in [0.717, 1.165) is 4.31 Å². The summed E-state index contributed by atoms with van der Waals surface area (Å²) in [5.74, 6) is -6.10. The first-order valence-corrected chi connectivity index (χ1v) is 12.0. The number of carbonyl (C=O) groups excluding carboxylic acids is 1. The van der Waals surface area contributed by atoms with Crippen molar-refractivity contribution in [3.05, 3.63) is 0 Å². The largest absolute Gasteiger partial charge is 0.528 e. The van der Waals surface area contributed by atoms with Crippen molar-refractivity contribution < 1.29 is 52.2 Å². The van der Waals surface area contributed by atoms with E-state index in [0.29, 0.717) is 13.1 Å². The van der Waals surface area contributed by atoms with Gasteiger partial charge in [0.2, 0.25) is 0 Å². The fourth-order valence-corrected chi connectivity index (χ4v) is 5.80. The van der Waals surface area contributed by atoms with E-state index in [-0.39, 0.29) is 31.7 Å². The molecular formula is C17H27BN4O11S. The number of aliphatic carboxylic acids is 3. The molecule has 0 radical (unpaired) electrons. The number of carboxylic acid groups (broad SMARTS) is 3. The predicted molar refractivity (Wildman–Crippen MR) is 113 cm³/mol. The Morgan fingerprint density at radius 3 is 2.32 bits per heavy atom. The summed E-state index contributed by atoms with van der Waals surface area (Å²) < 4.78 is 39.1. The van der Waals surface area contributed by atoms with Gasteiger partial charge in [0.15, 0.2) is 5.60 Å². The van der Waals surface area contributed by atoms with Crippen molar-refractivity contribution in [3.8, 4) is 0 Å². The highest BCUT2D eigenvalue weighted by molar-refractivity contribution is 7.87. The van der Waals surface area contributed by atoms with Gasteiger partial charge in [0.25, 0.3) is 10.2 Å². The second-order valence-corrected chi connectivity index (χ2v) is 10.5. The number of hydrogen-bond donors (Lipinski definition) is 6. The molecule has 0 saturated carbocycles. The summed E-state index contributed by atoms with van der Waals surface area (Å²) >= 11 is 0. The minimum atomic E-state index is -3.95. The summed E-state index contributed by atoms with van der Waals surface area (Å²) in [4.78, 5) is 46.3. The first kappa shape index (κ1) is 26.3. The van der Waals surface area contributed by atoms with Gasteiger partial charge in [0, 0.05) is 38.1 Å². The molecule has 3 rings (SSSR count). The van der Waals surface area contributed by atoms with Crippen LogP contribution in [0.3, 0.4) is 0 Å². The minimum absolute atomic E-state index is 0.0116. The highest BCUT2D eigenvalue weighted by Crippen LogP contribution is 2.35. The molecule has 2 atom stereocenters. The summed E-state index contributed by atoms with van der Waals surface area (Å²) in [5.41, 5.74) is 2.10. The van der Waals surface area contributed by atoms with Gasteiger partial charge in [-0.05, 0) is 12.7 Å². The van der Waals surface area contributed by atoms with Crippen molar-refractivity contribution in [2.24, 2.45) is 11.7 Å². The van der Waals surface area contributed by atoms with Crippen LogP contribution in [0, 0.1) is 5.92 Å². The lowest BCUT2D eigenvalue weighted by Gasteiger charge is -2.30. The average molecular weight is 506 g/mol. The van der Waals surface area contributed by atoms with Gasteiger partial charge < -0.3 is 35.7 Å². The topological polar surface area (TPSA) is 235 Å². The maximum absolute atomic E-state index is 12.6. The van der Waals surface area contributed by atoms with Crippen molar-refractivity contribution in [1.29, 1.82) is 0 Å². The normalized spacial score (nSPS) is 27.4. The molecular weight excluding hydrogens is 479 g/mol. The van der Waals surface area contributed by atoms with Crippen LogP contribution in [0.1, 0.15) is 25.7 Å². The van der Waals surface area contributed by atoms with Crippen LogP contribution in [0.5, 0.6) is 0 Å². The Hall–Kier alpha value is -2.31. The van der Waals surface area contributed by atoms with Crippen LogP contribution in [-0.2, 0) is 38.7 Å². The molecule has 0 aliphatic carbocycles. The number of carboxylic acids is 3. The number of hydrogen-bond acceptors (Lipinski definition) is 10. The van der Waals surface area contributed by atoms with Crippen molar-refractivity contribution in [2.75, 3.05) is 26.2 Å². The molecule has 0 amide bonds. The van der Waals surface area contributed by atoms with Crippen LogP contribution >= 0.6 is 0 Å². The van der Waals surface area contributed by atoms with E-state index < -0.39 is 77.6 Å². The van der Waals surface area contributed by atoms with Gasteiger partial charge >= 0.3 is 31.0 Å². The van der Waals surface area contributed by atoms with Crippen molar-refractivity contribution in [3.63, 3.8) is 0 Å². The van der Waals surface area contributed by atoms with Crippen LogP contribution in [0.25, 0.3) is 0 Å². The fraction of sp³-hybridized carbons (Fsp3) is 0.765. The quantitative estimate of drug-likeness (QED) is 0.145. The number of nitrogens with two attached hydrogens (primary N) is 1. The Kier molecular flexibility index (Phi) is 7.54. The first-order chi connectivity index (χ1) is 15.8. The molecule has 3 aliphatic heterocycles. The second-order valence-electron chi connectivity index (χ2n) is 8.83. The fourth-order valence-electron chi connectivity index (χ4n) is 4.30. The summed E-state index contributed by atoms with van der Waals surface area (Å²) in [6.45, 7) is 0.381. The minimum Gasteiger partial charge on any atom is -0.507 e. The third-order valence-corrected chi connectivity index (χ3v) is 7.85. The zero-order chi connectivity index (χ0) is 25.3. The van der Waals surface area contributed by atoms with E-state index in [1.165, 1.54) is 0 Å².